The van der Waals surface area contributed by atoms with E-state index in [1.54, 1.807) is 0 Å². The normalized spacial score (nSPS) is 16.6. The minimum atomic E-state index is -1.73. The first-order chi connectivity index (χ1) is 8.00. The Morgan fingerprint density at radius 1 is 1.35 bits per heavy atom. The number of hydrogen-bond donors (Lipinski definition) is 3. The van der Waals surface area contributed by atoms with E-state index in [9.17, 15) is 15.0 Å². The number of halogens is 1. The molecule has 6 nitrogen and oxygen atoms in total. The van der Waals surface area contributed by atoms with Crippen molar-refractivity contribution in [1.29, 1.82) is 0 Å². The van der Waals surface area contributed by atoms with Crippen LogP contribution in [0.1, 0.15) is 11.7 Å². The van der Waals surface area contributed by atoms with Crippen molar-refractivity contribution in [3.8, 4) is 11.5 Å². The number of rotatable bonds is 3. The molecule has 0 aliphatic carbocycles. The van der Waals surface area contributed by atoms with E-state index < -0.39 is 18.1 Å². The second kappa shape index (κ2) is 4.40. The Kier molecular flexibility index (Phi) is 3.10. The molecule has 7 heteroatoms. The van der Waals surface area contributed by atoms with Gasteiger partial charge in [0.05, 0.1) is 5.02 Å². The van der Waals surface area contributed by atoms with E-state index in [0.29, 0.717) is 11.5 Å². The highest BCUT2D eigenvalue weighted by atomic mass is 35.5. The summed E-state index contributed by atoms with van der Waals surface area (Å²) in [7, 11) is 0. The summed E-state index contributed by atoms with van der Waals surface area (Å²) in [6.45, 7) is 0.0591. The molecule has 2 rings (SSSR count). The molecule has 0 saturated carbocycles. The molecule has 0 saturated heterocycles. The smallest absolute Gasteiger partial charge is 0.249 e. The molecule has 1 heterocycles. The van der Waals surface area contributed by atoms with Crippen LogP contribution in [-0.2, 0) is 4.79 Å². The van der Waals surface area contributed by atoms with Crippen LogP contribution in [0.4, 0.5) is 0 Å². The minimum Gasteiger partial charge on any atom is -0.454 e. The summed E-state index contributed by atoms with van der Waals surface area (Å²) in [5.41, 5.74) is 5.04. The fraction of sp³-hybridized carbons (Fsp3) is 0.300. The fourth-order valence-electron chi connectivity index (χ4n) is 1.49. The van der Waals surface area contributed by atoms with Crippen LogP contribution in [0.15, 0.2) is 12.1 Å². The molecule has 1 amide bonds. The van der Waals surface area contributed by atoms with E-state index in [4.69, 9.17) is 26.8 Å². The summed E-state index contributed by atoms with van der Waals surface area (Å²) < 4.78 is 10.2. The van der Waals surface area contributed by atoms with Crippen LogP contribution >= 0.6 is 11.6 Å². The van der Waals surface area contributed by atoms with Gasteiger partial charge in [0.1, 0.15) is 6.10 Å². The van der Waals surface area contributed by atoms with Crippen LogP contribution in [0.2, 0.25) is 5.02 Å². The molecule has 0 bridgehead atoms. The van der Waals surface area contributed by atoms with Crippen molar-refractivity contribution in [2.24, 2.45) is 5.73 Å². The number of carbonyl (C=O) groups is 1. The van der Waals surface area contributed by atoms with E-state index in [-0.39, 0.29) is 17.4 Å². The Morgan fingerprint density at radius 3 is 2.53 bits per heavy atom. The lowest BCUT2D eigenvalue weighted by Gasteiger charge is -2.16. The van der Waals surface area contributed by atoms with E-state index in [1.165, 1.54) is 12.1 Å². The number of carbonyl (C=O) groups excluding carboxylic acids is 1. The van der Waals surface area contributed by atoms with Crippen LogP contribution in [0.3, 0.4) is 0 Å². The van der Waals surface area contributed by atoms with Crippen LogP contribution in [0.25, 0.3) is 0 Å². The van der Waals surface area contributed by atoms with Crippen molar-refractivity contribution < 1.29 is 24.5 Å². The topological polar surface area (TPSA) is 102 Å². The molecule has 0 radical (unpaired) electrons. The summed E-state index contributed by atoms with van der Waals surface area (Å²) in [5.74, 6) is -0.203. The summed E-state index contributed by atoms with van der Waals surface area (Å²) in [5, 5.41) is 19.3. The summed E-state index contributed by atoms with van der Waals surface area (Å²) in [4.78, 5) is 10.8. The van der Waals surface area contributed by atoms with Gasteiger partial charge in [0, 0.05) is 11.6 Å². The Balaban J connectivity index is 2.35. The van der Waals surface area contributed by atoms with Gasteiger partial charge in [0.25, 0.3) is 0 Å². The van der Waals surface area contributed by atoms with Gasteiger partial charge in [-0.1, -0.05) is 11.6 Å². The number of nitrogens with two attached hydrogens (primary N) is 1. The van der Waals surface area contributed by atoms with E-state index in [1.807, 2.05) is 0 Å². The summed E-state index contributed by atoms with van der Waals surface area (Å²) in [6, 6.07) is 2.84. The van der Waals surface area contributed by atoms with Crippen molar-refractivity contribution in [1.82, 2.24) is 0 Å². The van der Waals surface area contributed by atoms with Gasteiger partial charge < -0.3 is 25.4 Å². The first-order valence-electron chi connectivity index (χ1n) is 4.75. The van der Waals surface area contributed by atoms with Crippen molar-refractivity contribution in [2.75, 3.05) is 6.79 Å². The predicted octanol–water partition coefficient (Wildman–Crippen LogP) is -0.0517. The third-order valence-electron chi connectivity index (χ3n) is 2.40. The van der Waals surface area contributed by atoms with Crippen molar-refractivity contribution >= 4 is 17.5 Å². The summed E-state index contributed by atoms with van der Waals surface area (Å²) >= 11 is 5.89. The molecular weight excluding hydrogens is 250 g/mol. The zero-order valence-corrected chi connectivity index (χ0v) is 9.35. The van der Waals surface area contributed by atoms with Gasteiger partial charge in [0.2, 0.25) is 12.7 Å². The highest BCUT2D eigenvalue weighted by molar-refractivity contribution is 6.31. The lowest BCUT2D eigenvalue weighted by molar-refractivity contribution is -0.131. The van der Waals surface area contributed by atoms with Gasteiger partial charge >= 0.3 is 0 Å². The number of benzene rings is 1. The number of hydrogen-bond acceptors (Lipinski definition) is 5. The molecule has 2 unspecified atom stereocenters. The maximum absolute atomic E-state index is 10.8. The first-order valence-corrected chi connectivity index (χ1v) is 5.13. The monoisotopic (exact) mass is 259 g/mol. The van der Waals surface area contributed by atoms with Crippen molar-refractivity contribution in [3.63, 3.8) is 0 Å². The predicted molar refractivity (Wildman–Crippen MR) is 57.7 cm³/mol. The molecule has 17 heavy (non-hydrogen) atoms. The Morgan fingerprint density at radius 2 is 1.94 bits per heavy atom. The standard InChI is InChI=1S/C10H10ClNO5/c11-5-2-7-6(16-3-17-7)1-4(5)8(13)9(14)10(12)15/h1-2,8-9,13-14H,3H2,(H2,12,15). The Bertz CT molecular complexity index is 464. The zero-order chi connectivity index (χ0) is 12.6. The quantitative estimate of drug-likeness (QED) is 0.706. The van der Waals surface area contributed by atoms with Gasteiger partial charge in [0.15, 0.2) is 17.6 Å². The number of amides is 1. The Hall–Kier alpha value is -1.50. The van der Waals surface area contributed by atoms with Crippen LogP contribution in [-0.4, -0.2) is 29.0 Å². The molecular formula is C10H10ClNO5. The molecule has 0 spiro atoms. The van der Waals surface area contributed by atoms with Crippen LogP contribution < -0.4 is 15.2 Å². The van der Waals surface area contributed by atoms with Crippen LogP contribution in [0, 0.1) is 0 Å². The zero-order valence-electron chi connectivity index (χ0n) is 8.59. The molecule has 1 aliphatic rings. The highest BCUT2D eigenvalue weighted by Crippen LogP contribution is 2.39. The number of aliphatic hydroxyl groups excluding tert-OH is 2. The molecule has 0 fully saturated rings. The van der Waals surface area contributed by atoms with Gasteiger partial charge in [-0.05, 0) is 6.07 Å². The maximum Gasteiger partial charge on any atom is 0.249 e. The average molecular weight is 260 g/mol. The van der Waals surface area contributed by atoms with Gasteiger partial charge in [-0.25, -0.2) is 0 Å². The number of primary amides is 1. The fourth-order valence-corrected chi connectivity index (χ4v) is 1.75. The minimum absolute atomic E-state index is 0.0591. The summed E-state index contributed by atoms with van der Waals surface area (Å²) in [6.07, 6.45) is -3.23. The highest BCUT2D eigenvalue weighted by Gasteiger charge is 2.28. The van der Waals surface area contributed by atoms with Gasteiger partial charge in [-0.2, -0.15) is 0 Å². The molecule has 1 aromatic carbocycles. The molecule has 2 atom stereocenters. The second-order valence-electron chi connectivity index (χ2n) is 3.52. The lowest BCUT2D eigenvalue weighted by atomic mass is 10.0. The molecule has 92 valence electrons. The SMILES string of the molecule is NC(=O)C(O)C(O)c1cc2c(cc1Cl)OCO2. The third-order valence-corrected chi connectivity index (χ3v) is 2.73. The van der Waals surface area contributed by atoms with Gasteiger partial charge in [-0.3, -0.25) is 4.79 Å². The molecule has 4 N–H and O–H groups in total. The van der Waals surface area contributed by atoms with Crippen LogP contribution in [0.5, 0.6) is 11.5 Å². The van der Waals surface area contributed by atoms with Crippen molar-refractivity contribution in [2.45, 2.75) is 12.2 Å². The second-order valence-corrected chi connectivity index (χ2v) is 3.93. The average Bonchev–Trinajstić information content (AvgIpc) is 2.72. The van der Waals surface area contributed by atoms with E-state index in [2.05, 4.69) is 0 Å². The number of ether oxygens (including phenoxy) is 2. The third kappa shape index (κ3) is 2.14. The molecule has 1 aromatic rings. The van der Waals surface area contributed by atoms with Gasteiger partial charge in [-0.15, -0.1) is 0 Å². The van der Waals surface area contributed by atoms with E-state index >= 15 is 0 Å². The number of fused-ring (bicyclic) bond motifs is 1. The van der Waals surface area contributed by atoms with Crippen molar-refractivity contribution in [3.05, 3.63) is 22.7 Å². The first kappa shape index (κ1) is 12.0. The Labute approximate surface area is 102 Å². The lowest BCUT2D eigenvalue weighted by Crippen LogP contribution is -2.33. The maximum atomic E-state index is 10.8. The number of aliphatic hydroxyl groups is 2. The molecule has 0 aromatic heterocycles. The largest absolute Gasteiger partial charge is 0.454 e. The van der Waals surface area contributed by atoms with E-state index in [0.717, 1.165) is 0 Å². The molecule has 1 aliphatic heterocycles.